The van der Waals surface area contributed by atoms with E-state index in [-0.39, 0.29) is 5.69 Å². The van der Waals surface area contributed by atoms with Gasteiger partial charge in [0.2, 0.25) is 0 Å². The summed E-state index contributed by atoms with van der Waals surface area (Å²) in [4.78, 5) is 21.2. The molecule has 0 saturated carbocycles. The highest BCUT2D eigenvalue weighted by molar-refractivity contribution is 6.39. The second-order valence-corrected chi connectivity index (χ2v) is 2.90. The van der Waals surface area contributed by atoms with E-state index in [0.29, 0.717) is 6.07 Å². The van der Waals surface area contributed by atoms with Crippen LogP contribution in [0, 0.1) is 0 Å². The smallest absolute Gasteiger partial charge is 0.361 e. The lowest BCUT2D eigenvalue weighted by molar-refractivity contribution is -0.137. The number of carbonyl (C=O) groups excluding carboxylic acids is 2. The summed E-state index contributed by atoms with van der Waals surface area (Å²) in [6.45, 7) is 0. The van der Waals surface area contributed by atoms with Gasteiger partial charge in [-0.1, -0.05) is 6.07 Å². The Bertz CT molecular complexity index is 429. The number of alkyl halides is 3. The van der Waals surface area contributed by atoms with Crippen LogP contribution in [0.25, 0.3) is 0 Å². The molecule has 0 unspecified atom stereocenters. The minimum absolute atomic E-state index is 0.140. The number of nitrogens with two attached hydrogens (primary N) is 1. The normalized spacial score (nSPS) is 10.9. The van der Waals surface area contributed by atoms with Crippen LogP contribution >= 0.6 is 0 Å². The summed E-state index contributed by atoms with van der Waals surface area (Å²) in [5.41, 5.74) is 3.57. The first-order chi connectivity index (χ1) is 7.30. The number of benzene rings is 1. The summed E-state index contributed by atoms with van der Waals surface area (Å²) in [7, 11) is 0. The van der Waals surface area contributed by atoms with Crippen molar-refractivity contribution in [3.8, 4) is 0 Å². The Kier molecular flexibility index (Phi) is 3.17. The molecular weight excluding hydrogens is 225 g/mol. The van der Waals surface area contributed by atoms with E-state index < -0.39 is 23.6 Å². The summed E-state index contributed by atoms with van der Waals surface area (Å²) in [6.07, 6.45) is -4.51. The van der Waals surface area contributed by atoms with E-state index in [1.165, 1.54) is 6.07 Å². The van der Waals surface area contributed by atoms with E-state index in [2.05, 4.69) is 5.73 Å². The van der Waals surface area contributed by atoms with Crippen molar-refractivity contribution < 1.29 is 22.8 Å². The molecule has 3 N–H and O–H groups in total. The largest absolute Gasteiger partial charge is 0.416 e. The average molecular weight is 232 g/mol. The summed E-state index contributed by atoms with van der Waals surface area (Å²) >= 11 is 0. The summed E-state index contributed by atoms with van der Waals surface area (Å²) < 4.78 is 36.8. The van der Waals surface area contributed by atoms with E-state index >= 15 is 0 Å². The summed E-state index contributed by atoms with van der Waals surface area (Å²) in [5, 5.41) is 1.94. The third kappa shape index (κ3) is 2.97. The van der Waals surface area contributed by atoms with Gasteiger partial charge >= 0.3 is 18.0 Å². The minimum Gasteiger partial charge on any atom is -0.361 e. The van der Waals surface area contributed by atoms with Crippen molar-refractivity contribution in [2.45, 2.75) is 6.18 Å². The van der Waals surface area contributed by atoms with Crippen molar-refractivity contribution in [1.82, 2.24) is 0 Å². The number of nitrogens with one attached hydrogen (secondary N) is 1. The van der Waals surface area contributed by atoms with Gasteiger partial charge in [0, 0.05) is 5.69 Å². The van der Waals surface area contributed by atoms with Crippen LogP contribution in [0.1, 0.15) is 5.56 Å². The Balaban J connectivity index is 2.92. The fourth-order valence-electron chi connectivity index (χ4n) is 0.966. The highest BCUT2D eigenvalue weighted by atomic mass is 19.4. The molecule has 0 bridgehead atoms. The lowest BCUT2D eigenvalue weighted by atomic mass is 10.2. The zero-order valence-electron chi connectivity index (χ0n) is 7.84. The van der Waals surface area contributed by atoms with Crippen molar-refractivity contribution in [2.75, 3.05) is 5.32 Å². The van der Waals surface area contributed by atoms with Crippen molar-refractivity contribution in [2.24, 2.45) is 5.73 Å². The van der Waals surface area contributed by atoms with Crippen LogP contribution in [0.2, 0.25) is 0 Å². The standard InChI is InChI=1S/C9H7F3N2O2/c10-9(11,12)5-2-1-3-6(4-5)14-8(16)7(13)15/h1-4H,(H2,13,15)(H,14,16). The van der Waals surface area contributed by atoms with E-state index in [9.17, 15) is 22.8 Å². The Labute approximate surface area is 88.2 Å². The van der Waals surface area contributed by atoms with Crippen molar-refractivity contribution in [3.63, 3.8) is 0 Å². The fraction of sp³-hybridized carbons (Fsp3) is 0.111. The molecule has 86 valence electrons. The number of hydrogen-bond acceptors (Lipinski definition) is 2. The second-order valence-electron chi connectivity index (χ2n) is 2.90. The summed E-state index contributed by atoms with van der Waals surface area (Å²) in [6, 6.07) is 3.89. The average Bonchev–Trinajstić information content (AvgIpc) is 2.16. The quantitative estimate of drug-likeness (QED) is 0.712. The predicted octanol–water partition coefficient (Wildman–Crippen LogP) is 1.13. The lowest BCUT2D eigenvalue weighted by Gasteiger charge is -2.08. The highest BCUT2D eigenvalue weighted by Crippen LogP contribution is 2.30. The van der Waals surface area contributed by atoms with Gasteiger partial charge in [0.1, 0.15) is 0 Å². The number of hydrogen-bond donors (Lipinski definition) is 2. The van der Waals surface area contributed by atoms with Crippen LogP contribution in [-0.2, 0) is 15.8 Å². The van der Waals surface area contributed by atoms with Gasteiger partial charge in [0.05, 0.1) is 5.56 Å². The van der Waals surface area contributed by atoms with Crippen LogP contribution in [0.15, 0.2) is 24.3 Å². The van der Waals surface area contributed by atoms with Crippen molar-refractivity contribution in [3.05, 3.63) is 29.8 Å². The lowest BCUT2D eigenvalue weighted by Crippen LogP contribution is -2.29. The number of primary amides is 1. The molecule has 0 aliphatic carbocycles. The molecule has 0 aromatic heterocycles. The molecule has 0 spiro atoms. The Morgan fingerprint density at radius 1 is 1.25 bits per heavy atom. The summed E-state index contributed by atoms with van der Waals surface area (Å²) in [5.74, 6) is -2.43. The molecule has 0 radical (unpaired) electrons. The van der Waals surface area contributed by atoms with Gasteiger partial charge < -0.3 is 11.1 Å². The number of rotatable bonds is 1. The maximum atomic E-state index is 12.3. The van der Waals surface area contributed by atoms with Gasteiger partial charge in [-0.05, 0) is 18.2 Å². The van der Waals surface area contributed by atoms with Crippen LogP contribution in [0.3, 0.4) is 0 Å². The molecule has 1 aromatic carbocycles. The molecule has 1 aromatic rings. The first kappa shape index (κ1) is 12.0. The molecular formula is C9H7F3N2O2. The number of amides is 2. The molecule has 16 heavy (non-hydrogen) atoms. The van der Waals surface area contributed by atoms with Gasteiger partial charge in [-0.2, -0.15) is 13.2 Å². The second kappa shape index (κ2) is 4.21. The van der Waals surface area contributed by atoms with E-state index in [4.69, 9.17) is 0 Å². The third-order valence-electron chi connectivity index (χ3n) is 1.67. The zero-order chi connectivity index (χ0) is 12.3. The maximum Gasteiger partial charge on any atom is 0.416 e. The Hall–Kier alpha value is -2.05. The van der Waals surface area contributed by atoms with Gasteiger partial charge in [-0.15, -0.1) is 0 Å². The molecule has 2 amide bonds. The molecule has 7 heteroatoms. The Morgan fingerprint density at radius 2 is 1.88 bits per heavy atom. The SMILES string of the molecule is NC(=O)C(=O)Nc1cccc(C(F)(F)F)c1. The van der Waals surface area contributed by atoms with Crippen LogP contribution in [-0.4, -0.2) is 11.8 Å². The first-order valence-corrected chi connectivity index (χ1v) is 4.09. The molecule has 0 aliphatic heterocycles. The van der Waals surface area contributed by atoms with Gasteiger partial charge in [-0.3, -0.25) is 9.59 Å². The first-order valence-electron chi connectivity index (χ1n) is 4.09. The van der Waals surface area contributed by atoms with Crippen molar-refractivity contribution >= 4 is 17.5 Å². The van der Waals surface area contributed by atoms with Crippen molar-refractivity contribution in [1.29, 1.82) is 0 Å². The maximum absolute atomic E-state index is 12.3. The van der Waals surface area contributed by atoms with E-state index in [1.807, 2.05) is 5.32 Å². The topological polar surface area (TPSA) is 72.2 Å². The molecule has 0 atom stereocenters. The fourth-order valence-corrected chi connectivity index (χ4v) is 0.966. The number of anilines is 1. The van der Waals surface area contributed by atoms with Gasteiger partial charge in [-0.25, -0.2) is 0 Å². The van der Waals surface area contributed by atoms with Gasteiger partial charge in [0.25, 0.3) is 0 Å². The third-order valence-corrected chi connectivity index (χ3v) is 1.67. The van der Waals surface area contributed by atoms with E-state index in [1.54, 1.807) is 0 Å². The monoisotopic (exact) mass is 232 g/mol. The molecule has 0 fully saturated rings. The number of carbonyl (C=O) groups is 2. The number of halogens is 3. The molecule has 1 rings (SSSR count). The highest BCUT2D eigenvalue weighted by Gasteiger charge is 2.30. The zero-order valence-corrected chi connectivity index (χ0v) is 7.84. The van der Waals surface area contributed by atoms with Crippen LogP contribution in [0.4, 0.5) is 18.9 Å². The predicted molar refractivity (Wildman–Crippen MR) is 49.3 cm³/mol. The molecule has 4 nitrogen and oxygen atoms in total. The molecule has 0 heterocycles. The van der Waals surface area contributed by atoms with Crippen LogP contribution in [0.5, 0.6) is 0 Å². The Morgan fingerprint density at radius 3 is 2.38 bits per heavy atom. The van der Waals surface area contributed by atoms with Gasteiger partial charge in [0.15, 0.2) is 0 Å². The minimum atomic E-state index is -4.51. The molecule has 0 aliphatic rings. The molecule has 0 saturated heterocycles. The van der Waals surface area contributed by atoms with Crippen LogP contribution < -0.4 is 11.1 Å². The van der Waals surface area contributed by atoms with E-state index in [0.717, 1.165) is 12.1 Å².